The predicted octanol–water partition coefficient (Wildman–Crippen LogP) is 7.74. The largest absolute Gasteiger partial charge is 0.0905 e. The van der Waals surface area contributed by atoms with Crippen LogP contribution in [0.4, 0.5) is 0 Å². The number of rotatable bonds is 2. The molecular formula is C30H22. The van der Waals surface area contributed by atoms with Crippen LogP contribution in [0, 0.1) is 0 Å². The molecule has 1 aliphatic rings. The lowest BCUT2D eigenvalue weighted by molar-refractivity contribution is 0.800. The van der Waals surface area contributed by atoms with Gasteiger partial charge in [0.05, 0.1) is 0 Å². The fraction of sp³-hybridized carbons (Fsp3) is 0.0667. The first-order valence-electron chi connectivity index (χ1n) is 10.6. The van der Waals surface area contributed by atoms with E-state index >= 15 is 0 Å². The summed E-state index contributed by atoms with van der Waals surface area (Å²) in [4.78, 5) is 0. The van der Waals surface area contributed by atoms with Gasteiger partial charge in [-0.05, 0) is 67.4 Å². The van der Waals surface area contributed by atoms with Gasteiger partial charge in [0, 0.05) is 5.92 Å². The van der Waals surface area contributed by atoms with Gasteiger partial charge in [0.15, 0.2) is 0 Å². The smallest absolute Gasteiger partial charge is 0.0142 e. The zero-order valence-corrected chi connectivity index (χ0v) is 16.8. The Morgan fingerprint density at radius 1 is 0.567 bits per heavy atom. The SMILES string of the molecule is C=C1c2ccccc2C(Cc2c3ccccc3cc3ccccc23)c2ccccc21. The van der Waals surface area contributed by atoms with E-state index in [9.17, 15) is 0 Å². The van der Waals surface area contributed by atoms with E-state index in [1.165, 1.54) is 49.4 Å². The molecule has 0 heterocycles. The Morgan fingerprint density at radius 3 is 1.60 bits per heavy atom. The normalized spacial score (nSPS) is 13.4. The van der Waals surface area contributed by atoms with Crippen molar-refractivity contribution in [3.8, 4) is 0 Å². The molecule has 0 atom stereocenters. The minimum atomic E-state index is 0.317. The van der Waals surface area contributed by atoms with Gasteiger partial charge in [-0.15, -0.1) is 0 Å². The highest BCUT2D eigenvalue weighted by atomic mass is 14.3. The zero-order chi connectivity index (χ0) is 20.1. The van der Waals surface area contributed by atoms with Gasteiger partial charge >= 0.3 is 0 Å². The number of benzene rings is 5. The van der Waals surface area contributed by atoms with Crippen LogP contribution in [-0.4, -0.2) is 0 Å². The lowest BCUT2D eigenvalue weighted by Crippen LogP contribution is -2.15. The summed E-state index contributed by atoms with van der Waals surface area (Å²) in [6, 6.07) is 37.5. The van der Waals surface area contributed by atoms with E-state index in [1.54, 1.807) is 0 Å². The van der Waals surface area contributed by atoms with Crippen molar-refractivity contribution in [1.29, 1.82) is 0 Å². The fourth-order valence-electron chi connectivity index (χ4n) is 5.22. The third kappa shape index (κ3) is 2.54. The quantitative estimate of drug-likeness (QED) is 0.274. The van der Waals surface area contributed by atoms with Crippen LogP contribution in [-0.2, 0) is 6.42 Å². The summed E-state index contributed by atoms with van der Waals surface area (Å²) in [5.41, 5.74) is 7.92. The minimum absolute atomic E-state index is 0.317. The van der Waals surface area contributed by atoms with Crippen molar-refractivity contribution >= 4 is 27.1 Å². The molecule has 6 rings (SSSR count). The molecule has 0 unspecified atom stereocenters. The van der Waals surface area contributed by atoms with E-state index < -0.39 is 0 Å². The molecule has 0 saturated carbocycles. The summed E-state index contributed by atoms with van der Waals surface area (Å²) in [5.74, 6) is 0.317. The lowest BCUT2D eigenvalue weighted by Gasteiger charge is -2.30. The summed E-state index contributed by atoms with van der Waals surface area (Å²) >= 11 is 0. The van der Waals surface area contributed by atoms with Crippen molar-refractivity contribution < 1.29 is 0 Å². The second-order valence-electron chi connectivity index (χ2n) is 8.21. The van der Waals surface area contributed by atoms with Crippen molar-refractivity contribution in [3.63, 3.8) is 0 Å². The van der Waals surface area contributed by atoms with Crippen LogP contribution in [0.3, 0.4) is 0 Å². The van der Waals surface area contributed by atoms with Crippen molar-refractivity contribution in [2.75, 3.05) is 0 Å². The second kappa shape index (κ2) is 6.71. The van der Waals surface area contributed by atoms with E-state index in [-0.39, 0.29) is 0 Å². The molecule has 0 bridgehead atoms. The topological polar surface area (TPSA) is 0 Å². The van der Waals surface area contributed by atoms with Gasteiger partial charge < -0.3 is 0 Å². The number of hydrogen-bond donors (Lipinski definition) is 0. The van der Waals surface area contributed by atoms with E-state index in [0.29, 0.717) is 5.92 Å². The monoisotopic (exact) mass is 382 g/mol. The summed E-state index contributed by atoms with van der Waals surface area (Å²) < 4.78 is 0. The second-order valence-corrected chi connectivity index (χ2v) is 8.21. The van der Waals surface area contributed by atoms with E-state index in [4.69, 9.17) is 0 Å². The van der Waals surface area contributed by atoms with Gasteiger partial charge in [0.25, 0.3) is 0 Å². The first-order chi connectivity index (χ1) is 14.8. The Labute approximate surface area is 177 Å². The standard InChI is InChI=1S/C30H22/c1-20-23-12-6-8-16-27(23)30(28-17-9-7-13-24(20)28)19-29-25-14-4-2-10-21(25)18-22-11-3-5-15-26(22)29/h2-18,30H,1,19H2. The molecule has 0 saturated heterocycles. The molecule has 0 nitrogen and oxygen atoms in total. The van der Waals surface area contributed by atoms with E-state index in [1.807, 2.05) is 0 Å². The maximum Gasteiger partial charge on any atom is 0.0142 e. The molecule has 0 aromatic heterocycles. The Hall–Kier alpha value is -3.64. The molecule has 0 radical (unpaired) electrons. The van der Waals surface area contributed by atoms with Crippen LogP contribution in [0.1, 0.15) is 33.7 Å². The lowest BCUT2D eigenvalue weighted by atomic mass is 9.73. The third-order valence-electron chi connectivity index (χ3n) is 6.61. The first-order valence-corrected chi connectivity index (χ1v) is 10.6. The Kier molecular flexibility index (Phi) is 3.86. The molecule has 1 aliphatic carbocycles. The molecule has 0 amide bonds. The highest BCUT2D eigenvalue weighted by Gasteiger charge is 2.28. The Bertz CT molecular complexity index is 1330. The van der Waals surface area contributed by atoms with Crippen LogP contribution >= 0.6 is 0 Å². The molecule has 30 heavy (non-hydrogen) atoms. The molecule has 0 fully saturated rings. The maximum atomic E-state index is 4.44. The molecule has 5 aromatic carbocycles. The van der Waals surface area contributed by atoms with Gasteiger partial charge in [0.1, 0.15) is 0 Å². The predicted molar refractivity (Wildman–Crippen MR) is 128 cm³/mol. The van der Waals surface area contributed by atoms with Gasteiger partial charge in [-0.3, -0.25) is 0 Å². The molecule has 0 heteroatoms. The van der Waals surface area contributed by atoms with E-state index in [2.05, 4.69) is 110 Å². The van der Waals surface area contributed by atoms with Crippen LogP contribution in [0.25, 0.3) is 27.1 Å². The third-order valence-corrected chi connectivity index (χ3v) is 6.61. The molecule has 0 N–H and O–H groups in total. The summed E-state index contributed by atoms with van der Waals surface area (Å²) in [7, 11) is 0. The van der Waals surface area contributed by atoms with Gasteiger partial charge in [-0.2, -0.15) is 0 Å². The summed E-state index contributed by atoms with van der Waals surface area (Å²) in [5, 5.41) is 5.34. The molecule has 5 aromatic rings. The molecule has 0 spiro atoms. The van der Waals surface area contributed by atoms with E-state index in [0.717, 1.165) is 12.0 Å². The number of fused-ring (bicyclic) bond motifs is 4. The summed E-state index contributed by atoms with van der Waals surface area (Å²) in [6.45, 7) is 4.44. The molecule has 0 aliphatic heterocycles. The first kappa shape index (κ1) is 17.2. The van der Waals surface area contributed by atoms with Crippen molar-refractivity contribution in [3.05, 3.63) is 138 Å². The highest BCUT2D eigenvalue weighted by Crippen LogP contribution is 2.44. The van der Waals surface area contributed by atoms with Crippen molar-refractivity contribution in [1.82, 2.24) is 0 Å². The fourth-order valence-corrected chi connectivity index (χ4v) is 5.22. The molecular weight excluding hydrogens is 360 g/mol. The highest BCUT2D eigenvalue weighted by molar-refractivity contribution is 6.02. The van der Waals surface area contributed by atoms with Crippen molar-refractivity contribution in [2.24, 2.45) is 0 Å². The van der Waals surface area contributed by atoms with Crippen molar-refractivity contribution in [2.45, 2.75) is 12.3 Å². The average Bonchev–Trinajstić information content (AvgIpc) is 2.81. The van der Waals surface area contributed by atoms with Crippen LogP contribution in [0.5, 0.6) is 0 Å². The van der Waals surface area contributed by atoms with Gasteiger partial charge in [-0.25, -0.2) is 0 Å². The average molecular weight is 383 g/mol. The molecule has 142 valence electrons. The Balaban J connectivity index is 1.63. The van der Waals surface area contributed by atoms with Gasteiger partial charge in [0.2, 0.25) is 0 Å². The zero-order valence-electron chi connectivity index (χ0n) is 16.8. The summed E-state index contributed by atoms with van der Waals surface area (Å²) in [6.07, 6.45) is 0.975. The Morgan fingerprint density at radius 2 is 1.03 bits per heavy atom. The maximum absolute atomic E-state index is 4.44. The van der Waals surface area contributed by atoms with Crippen LogP contribution < -0.4 is 0 Å². The minimum Gasteiger partial charge on any atom is -0.0905 e. The van der Waals surface area contributed by atoms with Crippen LogP contribution in [0.2, 0.25) is 0 Å². The van der Waals surface area contributed by atoms with Gasteiger partial charge in [-0.1, -0.05) is 104 Å². The van der Waals surface area contributed by atoms with Crippen LogP contribution in [0.15, 0.2) is 110 Å². The number of hydrogen-bond acceptors (Lipinski definition) is 0.